The molecule has 0 bridgehead atoms. The molecule has 12 N–H and O–H groups in total. The minimum Gasteiger partial charge on any atom is -0.480 e. The van der Waals surface area contributed by atoms with Gasteiger partial charge in [0.2, 0.25) is 17.7 Å². The van der Waals surface area contributed by atoms with Gasteiger partial charge in [-0.05, 0) is 50.5 Å². The maximum absolute atomic E-state index is 13.2. The first kappa shape index (κ1) is 33.1. The number of nitrogens with one attached hydrogen (secondary N) is 3. The first-order chi connectivity index (χ1) is 16.8. The summed E-state index contributed by atoms with van der Waals surface area (Å²) in [7, 11) is 0. The molecule has 0 saturated carbocycles. The number of rotatable bonds is 18. The molecule has 36 heavy (non-hydrogen) atoms. The number of carbonyl (C=O) groups excluding carboxylic acids is 3. The van der Waals surface area contributed by atoms with Crippen LogP contribution in [0.3, 0.4) is 0 Å². The molecular formula is C23H46N8O5. The van der Waals surface area contributed by atoms with Crippen LogP contribution in [-0.4, -0.2) is 72.0 Å². The Labute approximate surface area is 213 Å². The Hall–Kier alpha value is -2.93. The van der Waals surface area contributed by atoms with Gasteiger partial charge in [0.05, 0.1) is 6.04 Å². The largest absolute Gasteiger partial charge is 0.480 e. The number of hydrogen-bond acceptors (Lipinski definition) is 7. The molecule has 0 aliphatic heterocycles. The van der Waals surface area contributed by atoms with E-state index in [2.05, 4.69) is 20.9 Å². The maximum atomic E-state index is 13.2. The van der Waals surface area contributed by atoms with Crippen LogP contribution in [0.4, 0.5) is 0 Å². The number of carboxylic acids is 1. The molecule has 0 rings (SSSR count). The minimum atomic E-state index is -1.17. The van der Waals surface area contributed by atoms with Crippen LogP contribution in [0.1, 0.15) is 66.2 Å². The summed E-state index contributed by atoms with van der Waals surface area (Å²) >= 11 is 0. The molecule has 0 radical (unpaired) electrons. The van der Waals surface area contributed by atoms with Crippen molar-refractivity contribution in [3.63, 3.8) is 0 Å². The fourth-order valence-corrected chi connectivity index (χ4v) is 3.43. The van der Waals surface area contributed by atoms with Crippen molar-refractivity contribution in [3.8, 4) is 0 Å². The van der Waals surface area contributed by atoms with Crippen molar-refractivity contribution >= 4 is 29.7 Å². The molecule has 4 unspecified atom stereocenters. The lowest BCUT2D eigenvalue weighted by atomic mass is 9.99. The van der Waals surface area contributed by atoms with Gasteiger partial charge in [-0.1, -0.05) is 34.1 Å². The number of nitrogens with zero attached hydrogens (tertiary/aromatic N) is 1. The fourth-order valence-electron chi connectivity index (χ4n) is 3.43. The third-order valence-electron chi connectivity index (χ3n) is 5.45. The van der Waals surface area contributed by atoms with Gasteiger partial charge in [-0.15, -0.1) is 0 Å². The van der Waals surface area contributed by atoms with Gasteiger partial charge in [-0.3, -0.25) is 19.4 Å². The van der Waals surface area contributed by atoms with Crippen molar-refractivity contribution in [2.45, 2.75) is 90.4 Å². The molecule has 0 aliphatic rings. The lowest BCUT2D eigenvalue weighted by Crippen LogP contribution is -2.57. The van der Waals surface area contributed by atoms with Crippen LogP contribution in [0, 0.1) is 11.8 Å². The molecule has 0 heterocycles. The Kier molecular flexibility index (Phi) is 16.1. The first-order valence-electron chi connectivity index (χ1n) is 12.4. The summed E-state index contributed by atoms with van der Waals surface area (Å²) in [5.41, 5.74) is 22.1. The zero-order valence-corrected chi connectivity index (χ0v) is 22.0. The number of carboxylic acid groups (broad SMARTS) is 1. The Bertz CT molecular complexity index is 740. The second-order valence-corrected chi connectivity index (χ2v) is 9.66. The number of amides is 3. The molecule has 0 spiro atoms. The van der Waals surface area contributed by atoms with Crippen molar-refractivity contribution in [1.29, 1.82) is 0 Å². The normalized spacial score (nSPS) is 14.4. The number of aliphatic imine (C=N–C) groups is 1. The highest BCUT2D eigenvalue weighted by Crippen LogP contribution is 2.10. The number of unbranched alkanes of at least 4 members (excludes halogenated alkanes) is 1. The minimum absolute atomic E-state index is 0.0225. The zero-order valence-electron chi connectivity index (χ0n) is 22.0. The van der Waals surface area contributed by atoms with E-state index >= 15 is 0 Å². The van der Waals surface area contributed by atoms with Gasteiger partial charge in [0.1, 0.15) is 18.1 Å². The van der Waals surface area contributed by atoms with Crippen molar-refractivity contribution in [2.24, 2.45) is 39.8 Å². The third-order valence-corrected chi connectivity index (χ3v) is 5.45. The zero-order chi connectivity index (χ0) is 27.8. The van der Waals surface area contributed by atoms with Crippen molar-refractivity contribution in [1.82, 2.24) is 16.0 Å². The Morgan fingerprint density at radius 2 is 1.42 bits per heavy atom. The van der Waals surface area contributed by atoms with Crippen LogP contribution in [0.2, 0.25) is 0 Å². The molecule has 0 aromatic rings. The number of nitrogens with two attached hydrogens (primary N) is 4. The lowest BCUT2D eigenvalue weighted by molar-refractivity contribution is -0.143. The average molecular weight is 515 g/mol. The van der Waals surface area contributed by atoms with Gasteiger partial charge in [0.15, 0.2) is 5.96 Å². The van der Waals surface area contributed by atoms with Gasteiger partial charge in [0.25, 0.3) is 0 Å². The quantitative estimate of drug-likeness (QED) is 0.0617. The average Bonchev–Trinajstić information content (AvgIpc) is 2.77. The maximum Gasteiger partial charge on any atom is 0.326 e. The van der Waals surface area contributed by atoms with Crippen molar-refractivity contribution in [2.75, 3.05) is 13.1 Å². The molecule has 0 saturated heterocycles. The Balaban J connectivity index is 5.55. The van der Waals surface area contributed by atoms with Crippen LogP contribution in [0.15, 0.2) is 4.99 Å². The van der Waals surface area contributed by atoms with Crippen LogP contribution in [-0.2, 0) is 19.2 Å². The van der Waals surface area contributed by atoms with Gasteiger partial charge >= 0.3 is 5.97 Å². The van der Waals surface area contributed by atoms with Crippen LogP contribution in [0.5, 0.6) is 0 Å². The van der Waals surface area contributed by atoms with E-state index < -0.39 is 47.9 Å². The van der Waals surface area contributed by atoms with Crippen LogP contribution >= 0.6 is 0 Å². The summed E-state index contributed by atoms with van der Waals surface area (Å²) in [5, 5.41) is 17.3. The molecule has 13 heteroatoms. The number of guanidine groups is 1. The Morgan fingerprint density at radius 1 is 0.833 bits per heavy atom. The van der Waals surface area contributed by atoms with Gasteiger partial charge in [-0.2, -0.15) is 0 Å². The third kappa shape index (κ3) is 13.8. The van der Waals surface area contributed by atoms with E-state index in [1.54, 1.807) is 13.8 Å². The van der Waals surface area contributed by atoms with Crippen molar-refractivity contribution < 1.29 is 24.3 Å². The summed E-state index contributed by atoms with van der Waals surface area (Å²) < 4.78 is 0. The van der Waals surface area contributed by atoms with E-state index in [9.17, 15) is 24.3 Å². The molecule has 13 nitrogen and oxygen atoms in total. The highest BCUT2D eigenvalue weighted by atomic mass is 16.4. The molecular weight excluding hydrogens is 468 g/mol. The SMILES string of the molecule is CC(C)CC(NC(=O)C(CCCN=C(N)N)NC(=O)C(N)CCCCN)C(=O)NC(C(=O)O)C(C)C. The lowest BCUT2D eigenvalue weighted by Gasteiger charge is -2.27. The van der Waals surface area contributed by atoms with E-state index in [1.807, 2.05) is 13.8 Å². The van der Waals surface area contributed by atoms with Crippen LogP contribution in [0.25, 0.3) is 0 Å². The smallest absolute Gasteiger partial charge is 0.326 e. The van der Waals surface area contributed by atoms with E-state index in [1.165, 1.54) is 0 Å². The topological polar surface area (TPSA) is 241 Å². The molecule has 208 valence electrons. The molecule has 0 aromatic carbocycles. The van der Waals surface area contributed by atoms with Crippen LogP contribution < -0.4 is 38.9 Å². The van der Waals surface area contributed by atoms with Gasteiger partial charge < -0.3 is 44.0 Å². The molecule has 0 aromatic heterocycles. The standard InChI is InChI=1S/C23H46N8O5/c1-13(2)12-17(21(34)31-18(14(3)4)22(35)36)30-20(33)16(9-7-11-28-23(26)27)29-19(32)15(25)8-5-6-10-24/h13-18H,5-12,24-25H2,1-4H3,(H,29,32)(H,30,33)(H,31,34)(H,35,36)(H4,26,27,28). The monoisotopic (exact) mass is 514 g/mol. The predicted octanol–water partition coefficient (Wildman–Crippen LogP) is -1.26. The molecule has 0 aliphatic carbocycles. The predicted molar refractivity (Wildman–Crippen MR) is 139 cm³/mol. The summed E-state index contributed by atoms with van der Waals surface area (Å²) in [6.07, 6.45) is 2.66. The van der Waals surface area contributed by atoms with E-state index in [4.69, 9.17) is 22.9 Å². The Morgan fingerprint density at radius 3 is 1.92 bits per heavy atom. The van der Waals surface area contributed by atoms with Crippen molar-refractivity contribution in [3.05, 3.63) is 0 Å². The highest BCUT2D eigenvalue weighted by Gasteiger charge is 2.31. The number of carbonyl (C=O) groups is 4. The highest BCUT2D eigenvalue weighted by molar-refractivity contribution is 5.94. The molecule has 4 atom stereocenters. The number of hydrogen-bond donors (Lipinski definition) is 8. The first-order valence-corrected chi connectivity index (χ1v) is 12.4. The van der Waals surface area contributed by atoms with E-state index in [-0.39, 0.29) is 37.2 Å². The molecule has 3 amide bonds. The van der Waals surface area contributed by atoms with E-state index in [0.29, 0.717) is 25.8 Å². The number of aliphatic carboxylic acids is 1. The van der Waals surface area contributed by atoms with Gasteiger partial charge in [-0.25, -0.2) is 4.79 Å². The second kappa shape index (κ2) is 17.5. The van der Waals surface area contributed by atoms with Gasteiger partial charge in [0, 0.05) is 6.54 Å². The second-order valence-electron chi connectivity index (χ2n) is 9.66. The van der Waals surface area contributed by atoms with E-state index in [0.717, 1.165) is 6.42 Å². The summed E-state index contributed by atoms with van der Waals surface area (Å²) in [6.45, 7) is 7.83. The summed E-state index contributed by atoms with van der Waals surface area (Å²) in [5.74, 6) is -3.28. The summed E-state index contributed by atoms with van der Waals surface area (Å²) in [6, 6.07) is -3.91. The summed E-state index contributed by atoms with van der Waals surface area (Å²) in [4.78, 5) is 54.1. The fraction of sp³-hybridized carbons (Fsp3) is 0.783. The molecule has 0 fully saturated rings.